The lowest BCUT2D eigenvalue weighted by Gasteiger charge is -2.33. The second kappa shape index (κ2) is 14.5. The quantitative estimate of drug-likeness (QED) is 0.262. The highest BCUT2D eigenvalue weighted by molar-refractivity contribution is 7.92. The van der Waals surface area contributed by atoms with Crippen LogP contribution < -0.4 is 9.62 Å². The molecule has 0 radical (unpaired) electrons. The molecule has 3 aromatic carbocycles. The number of nitrogens with one attached hydrogen (secondary N) is 1. The van der Waals surface area contributed by atoms with Gasteiger partial charge in [-0.25, -0.2) is 12.8 Å². The van der Waals surface area contributed by atoms with Gasteiger partial charge in [-0.2, -0.15) is 0 Å². The van der Waals surface area contributed by atoms with Crippen LogP contribution in [0.1, 0.15) is 30.9 Å². The molecule has 0 aliphatic rings. The number of hydrogen-bond acceptors (Lipinski definition) is 4. The van der Waals surface area contributed by atoms with E-state index in [2.05, 4.69) is 5.32 Å². The molecule has 7 nitrogen and oxygen atoms in total. The predicted molar refractivity (Wildman–Crippen MR) is 157 cm³/mol. The van der Waals surface area contributed by atoms with Crippen molar-refractivity contribution in [2.45, 2.75) is 38.8 Å². The molecular weight excluding hydrogens is 576 g/mol. The number of sulfonamides is 1. The second-order valence-electron chi connectivity index (χ2n) is 9.37. The van der Waals surface area contributed by atoms with Gasteiger partial charge in [0.25, 0.3) is 0 Å². The summed E-state index contributed by atoms with van der Waals surface area (Å²) >= 11 is 12.2. The first-order valence-corrected chi connectivity index (χ1v) is 15.4. The van der Waals surface area contributed by atoms with Crippen LogP contribution in [-0.2, 0) is 32.6 Å². The lowest BCUT2D eigenvalue weighted by atomic mass is 10.0. The second-order valence-corrected chi connectivity index (χ2v) is 12.1. The Hall–Kier alpha value is -3.14. The predicted octanol–water partition coefficient (Wildman–Crippen LogP) is 5.45. The average Bonchev–Trinajstić information content (AvgIpc) is 2.92. The van der Waals surface area contributed by atoms with Gasteiger partial charge >= 0.3 is 0 Å². The molecular formula is C29H32Cl2FN3O4S. The number of nitrogens with zero attached hydrogens (tertiary/aromatic N) is 2. The Morgan fingerprint density at radius 2 is 1.62 bits per heavy atom. The van der Waals surface area contributed by atoms with Gasteiger partial charge in [0.1, 0.15) is 18.4 Å². The molecule has 214 valence electrons. The van der Waals surface area contributed by atoms with E-state index in [1.165, 1.54) is 47.4 Å². The fourth-order valence-corrected chi connectivity index (χ4v) is 5.23. The highest BCUT2D eigenvalue weighted by atomic mass is 35.5. The number of benzene rings is 3. The summed E-state index contributed by atoms with van der Waals surface area (Å²) in [6.45, 7) is 1.79. The number of anilines is 1. The van der Waals surface area contributed by atoms with Crippen molar-refractivity contribution in [2.24, 2.45) is 0 Å². The van der Waals surface area contributed by atoms with Gasteiger partial charge in [0.15, 0.2) is 0 Å². The molecule has 11 heteroatoms. The highest BCUT2D eigenvalue weighted by Gasteiger charge is 2.33. The monoisotopic (exact) mass is 607 g/mol. The standard InChI is InChI=1S/C29H32Cl2FN3O4S/c1-3-4-16-33-29(37)27(17-21-8-6-5-7-9-21)34(19-22-10-12-23(32)13-11-22)28(36)20-35(40(2,38)39)24-14-15-25(30)26(31)18-24/h5-15,18,27H,3-4,16-17,19-20H2,1-2H3,(H,33,37)/t27-/m0/s1. The number of hydrogen-bond donors (Lipinski definition) is 1. The van der Waals surface area contributed by atoms with Gasteiger partial charge in [-0.1, -0.05) is 79.0 Å². The van der Waals surface area contributed by atoms with Crippen LogP contribution >= 0.6 is 23.2 Å². The molecule has 0 heterocycles. The van der Waals surface area contributed by atoms with Gasteiger partial charge in [-0.05, 0) is 47.9 Å². The summed E-state index contributed by atoms with van der Waals surface area (Å²) in [5.41, 5.74) is 1.55. The van der Waals surface area contributed by atoms with Crippen LogP contribution in [0.4, 0.5) is 10.1 Å². The topological polar surface area (TPSA) is 86.8 Å². The zero-order valence-electron chi connectivity index (χ0n) is 22.3. The SMILES string of the molecule is CCCCNC(=O)[C@H](Cc1ccccc1)N(Cc1ccc(F)cc1)C(=O)CN(c1ccc(Cl)c(Cl)c1)S(C)(=O)=O. The van der Waals surface area contributed by atoms with Crippen molar-refractivity contribution in [3.8, 4) is 0 Å². The Morgan fingerprint density at radius 1 is 0.950 bits per heavy atom. The largest absolute Gasteiger partial charge is 0.354 e. The molecule has 0 aromatic heterocycles. The van der Waals surface area contributed by atoms with Crippen molar-refractivity contribution < 1.29 is 22.4 Å². The molecule has 0 saturated heterocycles. The maximum absolute atomic E-state index is 14.0. The van der Waals surface area contributed by atoms with Crippen molar-refractivity contribution >= 4 is 50.7 Å². The maximum atomic E-state index is 14.0. The van der Waals surface area contributed by atoms with E-state index in [4.69, 9.17) is 23.2 Å². The van der Waals surface area contributed by atoms with Gasteiger partial charge < -0.3 is 10.2 Å². The molecule has 1 N–H and O–H groups in total. The van der Waals surface area contributed by atoms with Crippen LogP contribution in [0, 0.1) is 5.82 Å². The third-order valence-corrected chi connectivity index (χ3v) is 8.12. The first-order valence-electron chi connectivity index (χ1n) is 12.8. The Labute approximate surface area is 244 Å². The number of unbranched alkanes of at least 4 members (excludes halogenated alkanes) is 1. The molecule has 2 amide bonds. The molecule has 0 unspecified atom stereocenters. The Balaban J connectivity index is 2.03. The normalized spacial score (nSPS) is 12.0. The van der Waals surface area contributed by atoms with Crippen molar-refractivity contribution in [3.05, 3.63) is 99.8 Å². The molecule has 0 fully saturated rings. The summed E-state index contributed by atoms with van der Waals surface area (Å²) in [4.78, 5) is 28.8. The molecule has 0 aliphatic heterocycles. The molecule has 0 bridgehead atoms. The fraction of sp³-hybridized carbons (Fsp3) is 0.310. The van der Waals surface area contributed by atoms with E-state index >= 15 is 0 Å². The summed E-state index contributed by atoms with van der Waals surface area (Å²) in [6, 6.07) is 18.1. The van der Waals surface area contributed by atoms with Crippen molar-refractivity contribution in [2.75, 3.05) is 23.7 Å². The van der Waals surface area contributed by atoms with Crippen LogP contribution in [0.25, 0.3) is 0 Å². The zero-order valence-corrected chi connectivity index (χ0v) is 24.6. The summed E-state index contributed by atoms with van der Waals surface area (Å²) in [7, 11) is -3.94. The third-order valence-electron chi connectivity index (χ3n) is 6.24. The third kappa shape index (κ3) is 8.94. The Morgan fingerprint density at radius 3 is 2.23 bits per heavy atom. The highest BCUT2D eigenvalue weighted by Crippen LogP contribution is 2.29. The Kier molecular flexibility index (Phi) is 11.4. The lowest BCUT2D eigenvalue weighted by molar-refractivity contribution is -0.140. The molecule has 3 aromatic rings. The maximum Gasteiger partial charge on any atom is 0.244 e. The van der Waals surface area contributed by atoms with E-state index in [-0.39, 0.29) is 34.6 Å². The van der Waals surface area contributed by atoms with Crippen LogP contribution in [0.2, 0.25) is 10.0 Å². The summed E-state index contributed by atoms with van der Waals surface area (Å²) in [6.07, 6.45) is 2.80. The number of carbonyl (C=O) groups excluding carboxylic acids is 2. The first-order chi connectivity index (χ1) is 19.0. The summed E-state index contributed by atoms with van der Waals surface area (Å²) < 4.78 is 40.2. The number of rotatable bonds is 13. The van der Waals surface area contributed by atoms with Crippen molar-refractivity contribution in [1.82, 2.24) is 10.2 Å². The van der Waals surface area contributed by atoms with Gasteiger partial charge in [0.2, 0.25) is 21.8 Å². The Bertz CT molecular complexity index is 1410. The zero-order chi connectivity index (χ0) is 29.3. The minimum absolute atomic E-state index is 0.0449. The van der Waals surface area contributed by atoms with Gasteiger partial charge in [-0.15, -0.1) is 0 Å². The van der Waals surface area contributed by atoms with Crippen LogP contribution in [-0.4, -0.2) is 50.5 Å². The molecule has 3 rings (SSSR count). The number of amides is 2. The smallest absolute Gasteiger partial charge is 0.244 e. The van der Waals surface area contributed by atoms with E-state index in [9.17, 15) is 22.4 Å². The molecule has 1 atom stereocenters. The van der Waals surface area contributed by atoms with Crippen LogP contribution in [0.15, 0.2) is 72.8 Å². The van der Waals surface area contributed by atoms with Crippen molar-refractivity contribution in [3.63, 3.8) is 0 Å². The minimum atomic E-state index is -3.94. The van der Waals surface area contributed by atoms with Crippen molar-refractivity contribution in [1.29, 1.82) is 0 Å². The van der Waals surface area contributed by atoms with E-state index in [0.717, 1.165) is 29.0 Å². The summed E-state index contributed by atoms with van der Waals surface area (Å²) in [5.74, 6) is -1.43. The van der Waals surface area contributed by atoms with E-state index in [0.29, 0.717) is 12.1 Å². The lowest BCUT2D eigenvalue weighted by Crippen LogP contribution is -2.53. The van der Waals surface area contributed by atoms with E-state index < -0.39 is 34.3 Å². The first kappa shape index (κ1) is 31.4. The molecule has 0 aliphatic carbocycles. The molecule has 40 heavy (non-hydrogen) atoms. The van der Waals surface area contributed by atoms with Gasteiger partial charge in [0, 0.05) is 19.5 Å². The van der Waals surface area contributed by atoms with Crippen LogP contribution in [0.3, 0.4) is 0 Å². The van der Waals surface area contributed by atoms with E-state index in [1.54, 1.807) is 0 Å². The van der Waals surface area contributed by atoms with Crippen LogP contribution in [0.5, 0.6) is 0 Å². The molecule has 0 spiro atoms. The number of halogens is 3. The fourth-order valence-electron chi connectivity index (χ4n) is 4.10. The van der Waals surface area contributed by atoms with E-state index in [1.807, 2.05) is 37.3 Å². The number of carbonyl (C=O) groups is 2. The van der Waals surface area contributed by atoms with Gasteiger partial charge in [0.05, 0.1) is 22.0 Å². The summed E-state index contributed by atoms with van der Waals surface area (Å²) in [5, 5.41) is 3.26. The molecule has 0 saturated carbocycles. The minimum Gasteiger partial charge on any atom is -0.354 e. The average molecular weight is 609 g/mol. The van der Waals surface area contributed by atoms with Gasteiger partial charge in [-0.3, -0.25) is 13.9 Å².